The highest BCUT2D eigenvalue weighted by Gasteiger charge is 2.38. The molecule has 21 heavy (non-hydrogen) atoms. The number of nitrogens with one attached hydrogen (secondary N) is 1. The third kappa shape index (κ3) is 2.63. The van der Waals surface area contributed by atoms with Crippen LogP contribution in [0.15, 0.2) is 48.5 Å². The third-order valence-electron chi connectivity index (χ3n) is 5.06. The molecule has 0 radical (unpaired) electrons. The van der Waals surface area contributed by atoms with E-state index in [1.165, 1.54) is 35.1 Å². The monoisotopic (exact) mass is 279 g/mol. The Balaban J connectivity index is 2.09. The molecule has 1 fully saturated rings. The Morgan fingerprint density at radius 2 is 1.33 bits per heavy atom. The molecule has 1 saturated heterocycles. The molecule has 1 nitrogen and oxygen atoms in total. The van der Waals surface area contributed by atoms with Gasteiger partial charge in [0.1, 0.15) is 0 Å². The van der Waals surface area contributed by atoms with Gasteiger partial charge in [-0.1, -0.05) is 59.7 Å². The second-order valence-electron chi connectivity index (χ2n) is 6.58. The van der Waals surface area contributed by atoms with Crippen molar-refractivity contribution in [1.29, 1.82) is 0 Å². The van der Waals surface area contributed by atoms with Gasteiger partial charge in [0.15, 0.2) is 0 Å². The number of benzene rings is 2. The molecule has 2 aromatic carbocycles. The lowest BCUT2D eigenvalue weighted by Crippen LogP contribution is -2.43. The van der Waals surface area contributed by atoms with E-state index in [1.54, 1.807) is 0 Å². The second kappa shape index (κ2) is 5.65. The second-order valence-corrected chi connectivity index (χ2v) is 6.58. The minimum Gasteiger partial charge on any atom is -0.313 e. The van der Waals surface area contributed by atoms with Crippen LogP contribution in [0.25, 0.3) is 0 Å². The summed E-state index contributed by atoms with van der Waals surface area (Å²) in [6, 6.07) is 18.7. The van der Waals surface area contributed by atoms with Gasteiger partial charge in [-0.25, -0.2) is 0 Å². The lowest BCUT2D eigenvalue weighted by molar-refractivity contribution is 0.407. The van der Waals surface area contributed by atoms with E-state index >= 15 is 0 Å². The maximum atomic E-state index is 3.72. The Labute approximate surface area is 128 Å². The molecule has 0 amide bonds. The van der Waals surface area contributed by atoms with Gasteiger partial charge in [0, 0.05) is 11.5 Å². The topological polar surface area (TPSA) is 12.0 Å². The van der Waals surface area contributed by atoms with Crippen LogP contribution in [0.4, 0.5) is 0 Å². The van der Waals surface area contributed by atoms with Crippen molar-refractivity contribution in [1.82, 2.24) is 5.32 Å². The summed E-state index contributed by atoms with van der Waals surface area (Å²) in [5.74, 6) is 0. The quantitative estimate of drug-likeness (QED) is 0.880. The molecule has 3 rings (SSSR count). The average molecular weight is 279 g/mol. The Morgan fingerprint density at radius 1 is 0.857 bits per heavy atom. The van der Waals surface area contributed by atoms with Crippen LogP contribution in [0.3, 0.4) is 0 Å². The first-order chi connectivity index (χ1) is 10.1. The maximum absolute atomic E-state index is 3.72. The van der Waals surface area contributed by atoms with Gasteiger partial charge >= 0.3 is 0 Å². The highest BCUT2D eigenvalue weighted by atomic mass is 15.0. The summed E-state index contributed by atoms with van der Waals surface area (Å²) in [7, 11) is 0. The highest BCUT2D eigenvalue weighted by molar-refractivity contribution is 5.42. The van der Waals surface area contributed by atoms with Gasteiger partial charge in [-0.15, -0.1) is 0 Å². The molecule has 0 aliphatic carbocycles. The Hall–Kier alpha value is -1.60. The van der Waals surface area contributed by atoms with E-state index in [1.807, 2.05) is 0 Å². The standard InChI is InChI=1S/C20H25N/c1-15-6-10-17(11-7-15)20(3,19-5-4-14-21-19)18-12-8-16(2)9-13-18/h6-13,19,21H,4-5,14H2,1-3H3/t19-/m0/s1. The molecular formula is C20H25N. The summed E-state index contributed by atoms with van der Waals surface area (Å²) < 4.78 is 0. The lowest BCUT2D eigenvalue weighted by atomic mass is 9.70. The molecule has 0 spiro atoms. The van der Waals surface area contributed by atoms with Crippen LogP contribution < -0.4 is 5.32 Å². The largest absolute Gasteiger partial charge is 0.313 e. The van der Waals surface area contributed by atoms with Crippen molar-refractivity contribution in [2.45, 2.75) is 45.1 Å². The van der Waals surface area contributed by atoms with Gasteiger partial charge in [-0.2, -0.15) is 0 Å². The normalized spacial score (nSPS) is 18.9. The molecule has 1 heteroatoms. The van der Waals surface area contributed by atoms with Crippen molar-refractivity contribution in [3.05, 3.63) is 70.8 Å². The predicted molar refractivity (Wildman–Crippen MR) is 89.8 cm³/mol. The zero-order chi connectivity index (χ0) is 14.9. The van der Waals surface area contributed by atoms with E-state index < -0.39 is 0 Å². The molecule has 1 aliphatic rings. The number of hydrogen-bond donors (Lipinski definition) is 1. The fourth-order valence-corrected chi connectivity index (χ4v) is 3.55. The van der Waals surface area contributed by atoms with Gasteiger partial charge in [-0.3, -0.25) is 0 Å². The number of rotatable bonds is 3. The van der Waals surface area contributed by atoms with Crippen molar-refractivity contribution in [2.75, 3.05) is 6.54 Å². The summed E-state index contributed by atoms with van der Waals surface area (Å²) in [6.07, 6.45) is 2.52. The Kier molecular flexibility index (Phi) is 3.86. The molecule has 0 saturated carbocycles. The lowest BCUT2D eigenvalue weighted by Gasteiger charge is -2.37. The van der Waals surface area contributed by atoms with Crippen LogP contribution in [-0.2, 0) is 5.41 Å². The first-order valence-electron chi connectivity index (χ1n) is 7.98. The van der Waals surface area contributed by atoms with Gasteiger partial charge in [0.05, 0.1) is 0 Å². The molecular weight excluding hydrogens is 254 g/mol. The fourth-order valence-electron chi connectivity index (χ4n) is 3.55. The van der Waals surface area contributed by atoms with Crippen LogP contribution in [0.5, 0.6) is 0 Å². The maximum Gasteiger partial charge on any atom is 0.0327 e. The number of aryl methyl sites for hydroxylation is 2. The van der Waals surface area contributed by atoms with Crippen LogP contribution in [-0.4, -0.2) is 12.6 Å². The van der Waals surface area contributed by atoms with Crippen molar-refractivity contribution in [2.24, 2.45) is 0 Å². The summed E-state index contributed by atoms with van der Waals surface area (Å²) in [6.45, 7) is 7.84. The first kappa shape index (κ1) is 14.3. The zero-order valence-corrected chi connectivity index (χ0v) is 13.3. The van der Waals surface area contributed by atoms with Crippen molar-refractivity contribution < 1.29 is 0 Å². The van der Waals surface area contributed by atoms with E-state index in [-0.39, 0.29) is 5.41 Å². The molecule has 0 bridgehead atoms. The van der Waals surface area contributed by atoms with Crippen LogP contribution in [0, 0.1) is 13.8 Å². The molecule has 110 valence electrons. The van der Waals surface area contributed by atoms with Crippen molar-refractivity contribution in [3.63, 3.8) is 0 Å². The van der Waals surface area contributed by atoms with E-state index in [9.17, 15) is 0 Å². The fraction of sp³-hybridized carbons (Fsp3) is 0.400. The molecule has 1 N–H and O–H groups in total. The first-order valence-corrected chi connectivity index (χ1v) is 7.98. The minimum atomic E-state index is 0.0396. The van der Waals surface area contributed by atoms with Crippen LogP contribution >= 0.6 is 0 Å². The van der Waals surface area contributed by atoms with E-state index in [4.69, 9.17) is 0 Å². The summed E-state index contributed by atoms with van der Waals surface area (Å²) in [4.78, 5) is 0. The molecule has 1 aliphatic heterocycles. The Bertz CT molecular complexity index is 543. The Morgan fingerprint density at radius 3 is 1.71 bits per heavy atom. The highest BCUT2D eigenvalue weighted by Crippen LogP contribution is 2.38. The van der Waals surface area contributed by atoms with E-state index in [0.717, 1.165) is 6.54 Å². The van der Waals surface area contributed by atoms with Crippen molar-refractivity contribution in [3.8, 4) is 0 Å². The molecule has 1 heterocycles. The molecule has 0 aromatic heterocycles. The number of hydrogen-bond acceptors (Lipinski definition) is 1. The van der Waals surface area contributed by atoms with Gasteiger partial charge < -0.3 is 5.32 Å². The van der Waals surface area contributed by atoms with Gasteiger partial charge in [0.2, 0.25) is 0 Å². The average Bonchev–Trinajstić information content (AvgIpc) is 3.02. The summed E-state index contributed by atoms with van der Waals surface area (Å²) >= 11 is 0. The SMILES string of the molecule is Cc1ccc(C(C)(c2ccc(C)cc2)[C@@H]2CCCN2)cc1. The molecule has 1 atom stereocenters. The van der Waals surface area contributed by atoms with Crippen LogP contribution in [0.1, 0.15) is 42.0 Å². The van der Waals surface area contributed by atoms with Gasteiger partial charge in [0.25, 0.3) is 0 Å². The minimum absolute atomic E-state index is 0.0396. The summed E-state index contributed by atoms with van der Waals surface area (Å²) in [5, 5.41) is 3.72. The molecule has 2 aromatic rings. The smallest absolute Gasteiger partial charge is 0.0327 e. The van der Waals surface area contributed by atoms with Gasteiger partial charge in [-0.05, 0) is 51.3 Å². The van der Waals surface area contributed by atoms with E-state index in [0.29, 0.717) is 6.04 Å². The van der Waals surface area contributed by atoms with E-state index in [2.05, 4.69) is 74.6 Å². The van der Waals surface area contributed by atoms with Crippen molar-refractivity contribution >= 4 is 0 Å². The predicted octanol–water partition coefficient (Wildman–Crippen LogP) is 4.36. The zero-order valence-electron chi connectivity index (χ0n) is 13.3. The summed E-state index contributed by atoms with van der Waals surface area (Å²) in [5.41, 5.74) is 5.51. The van der Waals surface area contributed by atoms with Crippen LogP contribution in [0.2, 0.25) is 0 Å². The molecule has 0 unspecified atom stereocenters. The third-order valence-corrected chi connectivity index (χ3v) is 5.06.